The Balaban J connectivity index is 1.83. The number of fused-ring (bicyclic) bond motifs is 1. The lowest BCUT2D eigenvalue weighted by atomic mass is 10.1. The Hall–Kier alpha value is -1.23. The number of halogens is 1. The number of ether oxygens (including phenoxy) is 2. The fraction of sp³-hybridized carbons (Fsp3) is 0.375. The quantitative estimate of drug-likeness (QED) is 0.890. The van der Waals surface area contributed by atoms with E-state index in [1.54, 1.807) is 11.3 Å². The summed E-state index contributed by atoms with van der Waals surface area (Å²) in [6.07, 6.45) is 0.978. The van der Waals surface area contributed by atoms with Crippen molar-refractivity contribution in [2.75, 3.05) is 13.2 Å². The largest absolute Gasteiger partial charge is 0.486 e. The van der Waals surface area contributed by atoms with Crippen LogP contribution in [0.4, 0.5) is 0 Å². The molecule has 1 N–H and O–H groups in total. The number of benzene rings is 1. The first-order chi connectivity index (χ1) is 10.3. The number of hydrogen-bond donors (Lipinski definition) is 1. The van der Waals surface area contributed by atoms with Gasteiger partial charge in [-0.25, -0.2) is 0 Å². The Bertz CT molecular complexity index is 601. The van der Waals surface area contributed by atoms with Crippen LogP contribution in [0.15, 0.2) is 35.7 Å². The summed E-state index contributed by atoms with van der Waals surface area (Å²) in [7, 11) is 0. The van der Waals surface area contributed by atoms with Crippen LogP contribution in [0.3, 0.4) is 0 Å². The zero-order valence-electron chi connectivity index (χ0n) is 11.8. The van der Waals surface area contributed by atoms with Crippen molar-refractivity contribution in [1.82, 2.24) is 5.32 Å². The van der Waals surface area contributed by atoms with Gasteiger partial charge in [-0.15, -0.1) is 11.3 Å². The Morgan fingerprint density at radius 3 is 2.86 bits per heavy atom. The van der Waals surface area contributed by atoms with Crippen molar-refractivity contribution in [3.8, 4) is 11.5 Å². The highest BCUT2D eigenvalue weighted by Gasteiger charge is 2.31. The molecule has 0 spiro atoms. The molecule has 5 heteroatoms. The molecule has 0 saturated carbocycles. The molecule has 3 nitrogen and oxygen atoms in total. The van der Waals surface area contributed by atoms with Crippen molar-refractivity contribution in [2.24, 2.45) is 0 Å². The van der Waals surface area contributed by atoms with E-state index in [9.17, 15) is 0 Å². The van der Waals surface area contributed by atoms with E-state index < -0.39 is 0 Å². The SMILES string of the molecule is CCCNC(c1sccc1Cl)C1COc2ccccc2O1. The van der Waals surface area contributed by atoms with Gasteiger partial charge in [0.2, 0.25) is 0 Å². The average molecular weight is 324 g/mol. The van der Waals surface area contributed by atoms with E-state index in [0.717, 1.165) is 34.4 Å². The normalized spacial score (nSPS) is 18.5. The van der Waals surface area contributed by atoms with E-state index in [-0.39, 0.29) is 12.1 Å². The highest BCUT2D eigenvalue weighted by Crippen LogP contribution is 2.37. The maximum atomic E-state index is 6.31. The molecule has 0 saturated heterocycles. The van der Waals surface area contributed by atoms with E-state index in [1.165, 1.54) is 0 Å². The van der Waals surface area contributed by atoms with Gasteiger partial charge in [-0.3, -0.25) is 0 Å². The number of para-hydroxylation sites is 2. The topological polar surface area (TPSA) is 30.5 Å². The molecule has 2 heterocycles. The fourth-order valence-electron chi connectivity index (χ4n) is 2.42. The first kappa shape index (κ1) is 14.7. The van der Waals surface area contributed by atoms with Crippen LogP contribution in [0.1, 0.15) is 24.3 Å². The monoisotopic (exact) mass is 323 g/mol. The lowest BCUT2D eigenvalue weighted by Gasteiger charge is -2.32. The van der Waals surface area contributed by atoms with Crippen molar-refractivity contribution < 1.29 is 9.47 Å². The minimum absolute atomic E-state index is 0.0470. The molecule has 21 heavy (non-hydrogen) atoms. The summed E-state index contributed by atoms with van der Waals surface area (Å²) in [5.41, 5.74) is 0. The molecule has 1 aromatic heterocycles. The van der Waals surface area contributed by atoms with Gasteiger partial charge in [0.05, 0.1) is 11.1 Å². The van der Waals surface area contributed by atoms with Gasteiger partial charge in [-0.2, -0.15) is 0 Å². The van der Waals surface area contributed by atoms with Gasteiger partial charge in [0, 0.05) is 4.88 Å². The standard InChI is InChI=1S/C16H18ClNO2S/c1-2-8-18-15(16-11(17)7-9-21-16)14-10-19-12-5-3-4-6-13(12)20-14/h3-7,9,14-15,18H,2,8,10H2,1H3. The van der Waals surface area contributed by atoms with Crippen molar-refractivity contribution >= 4 is 22.9 Å². The third-order valence-corrected chi connectivity index (χ3v) is 4.89. The molecular formula is C16H18ClNO2S. The van der Waals surface area contributed by atoms with Crippen molar-refractivity contribution in [3.05, 3.63) is 45.6 Å². The van der Waals surface area contributed by atoms with Gasteiger partial charge in [-0.1, -0.05) is 30.7 Å². The zero-order valence-corrected chi connectivity index (χ0v) is 13.4. The summed E-state index contributed by atoms with van der Waals surface area (Å²) in [5, 5.41) is 6.33. The van der Waals surface area contributed by atoms with Crippen LogP contribution in [-0.4, -0.2) is 19.3 Å². The van der Waals surface area contributed by atoms with E-state index in [2.05, 4.69) is 12.2 Å². The van der Waals surface area contributed by atoms with Crippen LogP contribution >= 0.6 is 22.9 Å². The Kier molecular flexibility index (Phi) is 4.68. The van der Waals surface area contributed by atoms with Gasteiger partial charge >= 0.3 is 0 Å². The van der Waals surface area contributed by atoms with E-state index in [0.29, 0.717) is 6.61 Å². The highest BCUT2D eigenvalue weighted by molar-refractivity contribution is 7.10. The van der Waals surface area contributed by atoms with Crippen molar-refractivity contribution in [3.63, 3.8) is 0 Å². The fourth-order valence-corrected chi connectivity index (χ4v) is 3.72. The predicted octanol–water partition coefficient (Wildman–Crippen LogP) is 4.28. The zero-order chi connectivity index (χ0) is 14.7. The van der Waals surface area contributed by atoms with Crippen LogP contribution in [0.2, 0.25) is 5.02 Å². The summed E-state index contributed by atoms with van der Waals surface area (Å²) >= 11 is 7.96. The van der Waals surface area contributed by atoms with Gasteiger partial charge in [0.1, 0.15) is 6.61 Å². The number of thiophene rings is 1. The molecule has 2 atom stereocenters. The van der Waals surface area contributed by atoms with Gasteiger partial charge in [0.25, 0.3) is 0 Å². The molecule has 0 radical (unpaired) electrons. The van der Waals surface area contributed by atoms with Crippen molar-refractivity contribution in [1.29, 1.82) is 0 Å². The lowest BCUT2D eigenvalue weighted by Crippen LogP contribution is -2.41. The number of hydrogen-bond acceptors (Lipinski definition) is 4. The van der Waals surface area contributed by atoms with Gasteiger partial charge in [-0.05, 0) is 36.5 Å². The smallest absolute Gasteiger partial charge is 0.161 e. The molecular weight excluding hydrogens is 306 g/mol. The third-order valence-electron chi connectivity index (χ3n) is 3.44. The van der Waals surface area contributed by atoms with E-state index in [4.69, 9.17) is 21.1 Å². The van der Waals surface area contributed by atoms with Crippen LogP contribution in [0.5, 0.6) is 11.5 Å². The molecule has 2 aromatic rings. The van der Waals surface area contributed by atoms with Gasteiger partial charge in [0.15, 0.2) is 17.6 Å². The van der Waals surface area contributed by atoms with Crippen molar-refractivity contribution in [2.45, 2.75) is 25.5 Å². The average Bonchev–Trinajstić information content (AvgIpc) is 2.94. The molecule has 0 amide bonds. The second kappa shape index (κ2) is 6.69. The summed E-state index contributed by atoms with van der Waals surface area (Å²) in [6.45, 7) is 3.58. The van der Waals surface area contributed by atoms with E-state index in [1.807, 2.05) is 35.7 Å². The lowest BCUT2D eigenvalue weighted by molar-refractivity contribution is 0.0626. The van der Waals surface area contributed by atoms with Crippen LogP contribution in [0, 0.1) is 0 Å². The molecule has 112 valence electrons. The van der Waals surface area contributed by atoms with E-state index >= 15 is 0 Å². The highest BCUT2D eigenvalue weighted by atomic mass is 35.5. The Labute approximate surface area is 133 Å². The molecule has 0 fully saturated rings. The summed E-state index contributed by atoms with van der Waals surface area (Å²) in [4.78, 5) is 1.11. The summed E-state index contributed by atoms with van der Waals surface area (Å²) in [6, 6.07) is 9.75. The van der Waals surface area contributed by atoms with Crippen LogP contribution in [-0.2, 0) is 0 Å². The second-order valence-corrected chi connectivity index (χ2v) is 6.33. The van der Waals surface area contributed by atoms with Crippen LogP contribution in [0.25, 0.3) is 0 Å². The van der Waals surface area contributed by atoms with Crippen LogP contribution < -0.4 is 14.8 Å². The predicted molar refractivity (Wildman–Crippen MR) is 86.7 cm³/mol. The third kappa shape index (κ3) is 3.18. The summed E-state index contributed by atoms with van der Waals surface area (Å²) in [5.74, 6) is 1.60. The molecule has 0 bridgehead atoms. The molecule has 1 aliphatic heterocycles. The molecule has 0 aliphatic carbocycles. The Morgan fingerprint density at radius 2 is 2.14 bits per heavy atom. The molecule has 2 unspecified atom stereocenters. The minimum Gasteiger partial charge on any atom is -0.486 e. The second-order valence-electron chi connectivity index (χ2n) is 4.98. The first-order valence-electron chi connectivity index (χ1n) is 7.14. The minimum atomic E-state index is -0.0809. The summed E-state index contributed by atoms with van der Waals surface area (Å²) < 4.78 is 12.0. The molecule has 1 aromatic carbocycles. The maximum absolute atomic E-state index is 6.31. The molecule has 3 rings (SSSR count). The number of rotatable bonds is 5. The Morgan fingerprint density at radius 1 is 1.33 bits per heavy atom. The van der Waals surface area contributed by atoms with Gasteiger partial charge < -0.3 is 14.8 Å². The first-order valence-corrected chi connectivity index (χ1v) is 8.40. The number of nitrogens with one attached hydrogen (secondary N) is 1. The maximum Gasteiger partial charge on any atom is 0.161 e. The molecule has 1 aliphatic rings.